The number of para-hydroxylation sites is 1. The fourth-order valence-corrected chi connectivity index (χ4v) is 3.65. The summed E-state index contributed by atoms with van der Waals surface area (Å²) in [6, 6.07) is 24.3. The fourth-order valence-electron chi connectivity index (χ4n) is 3.53. The highest BCUT2D eigenvalue weighted by molar-refractivity contribution is 6.30. The summed E-state index contributed by atoms with van der Waals surface area (Å²) in [7, 11) is 0. The number of hydrazone groups is 1. The number of hydrogen-bond donors (Lipinski definition) is 0. The van der Waals surface area contributed by atoms with E-state index in [-0.39, 0.29) is 12.8 Å². The Labute approximate surface area is 162 Å². The van der Waals surface area contributed by atoms with Crippen molar-refractivity contribution in [2.45, 2.75) is 12.5 Å². The van der Waals surface area contributed by atoms with Gasteiger partial charge >= 0.3 is 0 Å². The lowest BCUT2D eigenvalue weighted by Gasteiger charge is -2.24. The maximum Gasteiger partial charge on any atom is 0.231 e. The normalized spacial score (nSPS) is 17.9. The van der Waals surface area contributed by atoms with E-state index in [0.717, 1.165) is 45.5 Å². The van der Waals surface area contributed by atoms with Gasteiger partial charge in [0.25, 0.3) is 0 Å². The van der Waals surface area contributed by atoms with Crippen LogP contribution in [0.5, 0.6) is 11.5 Å². The van der Waals surface area contributed by atoms with Gasteiger partial charge < -0.3 is 9.47 Å². The molecule has 2 aliphatic heterocycles. The van der Waals surface area contributed by atoms with Gasteiger partial charge in [-0.1, -0.05) is 48.0 Å². The second kappa shape index (κ2) is 6.63. The Morgan fingerprint density at radius 3 is 2.48 bits per heavy atom. The van der Waals surface area contributed by atoms with Gasteiger partial charge in [0.1, 0.15) is 0 Å². The van der Waals surface area contributed by atoms with Crippen LogP contribution in [0.2, 0.25) is 5.02 Å². The predicted molar refractivity (Wildman–Crippen MR) is 107 cm³/mol. The third kappa shape index (κ3) is 3.02. The third-order valence-electron chi connectivity index (χ3n) is 4.89. The van der Waals surface area contributed by atoms with Crippen LogP contribution in [-0.4, -0.2) is 12.5 Å². The number of halogens is 1. The Morgan fingerprint density at radius 1 is 0.889 bits per heavy atom. The molecule has 0 aliphatic carbocycles. The van der Waals surface area contributed by atoms with E-state index in [2.05, 4.69) is 29.3 Å². The van der Waals surface area contributed by atoms with Crippen LogP contribution in [0.4, 0.5) is 5.69 Å². The summed E-state index contributed by atoms with van der Waals surface area (Å²) in [4.78, 5) is 0. The molecule has 0 amide bonds. The van der Waals surface area contributed by atoms with Crippen LogP contribution >= 0.6 is 11.6 Å². The fraction of sp³-hybridized carbons (Fsp3) is 0.136. The number of rotatable bonds is 3. The first-order valence-electron chi connectivity index (χ1n) is 8.85. The number of fused-ring (bicyclic) bond motifs is 1. The van der Waals surface area contributed by atoms with Gasteiger partial charge in [0.2, 0.25) is 6.79 Å². The Bertz CT molecular complexity index is 1000. The summed E-state index contributed by atoms with van der Waals surface area (Å²) in [6.45, 7) is 0.276. The molecule has 1 atom stereocenters. The molecule has 0 spiro atoms. The van der Waals surface area contributed by atoms with Crippen molar-refractivity contribution < 1.29 is 9.47 Å². The van der Waals surface area contributed by atoms with Gasteiger partial charge in [0.15, 0.2) is 11.5 Å². The van der Waals surface area contributed by atoms with E-state index < -0.39 is 0 Å². The zero-order valence-electron chi connectivity index (χ0n) is 14.5. The minimum Gasteiger partial charge on any atom is -0.454 e. The molecule has 0 aromatic heterocycles. The summed E-state index contributed by atoms with van der Waals surface area (Å²) < 4.78 is 11.0. The minimum absolute atomic E-state index is 0.0904. The highest BCUT2D eigenvalue weighted by Gasteiger charge is 2.31. The van der Waals surface area contributed by atoms with Gasteiger partial charge in [-0.2, -0.15) is 5.10 Å². The summed E-state index contributed by atoms with van der Waals surface area (Å²) in [5.74, 6) is 1.59. The lowest BCUT2D eigenvalue weighted by molar-refractivity contribution is 0.174. The standard InChI is InChI=1S/C22H17ClN2O2/c23-17-9-6-15(7-10-17)19-13-20(25(24-19)18-4-2-1-3-5-18)16-8-11-21-22(12-16)27-14-26-21/h1-12,20H,13-14H2. The lowest BCUT2D eigenvalue weighted by Crippen LogP contribution is -2.18. The molecule has 5 heteroatoms. The van der Waals surface area contributed by atoms with Crippen LogP contribution in [0.15, 0.2) is 77.9 Å². The molecule has 0 bridgehead atoms. The number of benzene rings is 3. The highest BCUT2D eigenvalue weighted by atomic mass is 35.5. The quantitative estimate of drug-likeness (QED) is 0.611. The topological polar surface area (TPSA) is 34.1 Å². The molecule has 27 heavy (non-hydrogen) atoms. The van der Waals surface area contributed by atoms with Crippen molar-refractivity contribution in [2.75, 3.05) is 11.8 Å². The molecule has 2 aliphatic rings. The molecule has 0 fully saturated rings. The van der Waals surface area contributed by atoms with E-state index in [1.165, 1.54) is 0 Å². The molecule has 0 saturated heterocycles. The number of hydrogen-bond acceptors (Lipinski definition) is 4. The molecule has 134 valence electrons. The molecule has 4 nitrogen and oxygen atoms in total. The average molecular weight is 377 g/mol. The third-order valence-corrected chi connectivity index (χ3v) is 5.14. The predicted octanol–water partition coefficient (Wildman–Crippen LogP) is 5.42. The Hall–Kier alpha value is -2.98. The molecular formula is C22H17ClN2O2. The van der Waals surface area contributed by atoms with Crippen LogP contribution in [0, 0.1) is 0 Å². The Balaban J connectivity index is 1.55. The largest absolute Gasteiger partial charge is 0.454 e. The number of anilines is 1. The Morgan fingerprint density at radius 2 is 1.67 bits per heavy atom. The van der Waals surface area contributed by atoms with Crippen molar-refractivity contribution in [1.82, 2.24) is 0 Å². The van der Waals surface area contributed by atoms with Crippen molar-refractivity contribution in [2.24, 2.45) is 5.10 Å². The first kappa shape index (κ1) is 16.2. The highest BCUT2D eigenvalue weighted by Crippen LogP contribution is 2.41. The first-order valence-corrected chi connectivity index (χ1v) is 9.23. The van der Waals surface area contributed by atoms with Gasteiger partial charge in [0.05, 0.1) is 17.4 Å². The molecule has 0 radical (unpaired) electrons. The van der Waals surface area contributed by atoms with Gasteiger partial charge in [-0.3, -0.25) is 5.01 Å². The molecule has 1 unspecified atom stereocenters. The smallest absolute Gasteiger partial charge is 0.231 e. The van der Waals surface area contributed by atoms with Gasteiger partial charge in [-0.15, -0.1) is 0 Å². The van der Waals surface area contributed by atoms with Crippen LogP contribution in [-0.2, 0) is 0 Å². The number of nitrogens with zero attached hydrogens (tertiary/aromatic N) is 2. The van der Waals surface area contributed by atoms with Gasteiger partial charge in [-0.25, -0.2) is 0 Å². The molecule has 5 rings (SSSR count). The monoisotopic (exact) mass is 376 g/mol. The summed E-state index contributed by atoms with van der Waals surface area (Å²) in [5, 5.41) is 7.76. The summed E-state index contributed by atoms with van der Waals surface area (Å²) >= 11 is 6.05. The molecule has 3 aromatic carbocycles. The SMILES string of the molecule is Clc1ccc(C2=NN(c3ccccc3)C(c3ccc4c(c3)OCO4)C2)cc1. The van der Waals surface area contributed by atoms with Crippen molar-refractivity contribution in [3.05, 3.63) is 88.9 Å². The molecular weight excluding hydrogens is 360 g/mol. The van der Waals surface area contributed by atoms with E-state index in [1.807, 2.05) is 48.5 Å². The van der Waals surface area contributed by atoms with E-state index in [9.17, 15) is 0 Å². The van der Waals surface area contributed by atoms with E-state index in [4.69, 9.17) is 26.2 Å². The van der Waals surface area contributed by atoms with Crippen LogP contribution < -0.4 is 14.5 Å². The molecule has 2 heterocycles. The van der Waals surface area contributed by atoms with Crippen LogP contribution in [0.25, 0.3) is 0 Å². The molecule has 0 saturated carbocycles. The zero-order valence-corrected chi connectivity index (χ0v) is 15.3. The second-order valence-corrected chi connectivity index (χ2v) is 7.00. The van der Waals surface area contributed by atoms with Gasteiger partial charge in [0, 0.05) is 11.4 Å². The average Bonchev–Trinajstić information content (AvgIpc) is 3.36. The van der Waals surface area contributed by atoms with Crippen molar-refractivity contribution in [3.8, 4) is 11.5 Å². The van der Waals surface area contributed by atoms with E-state index in [1.54, 1.807) is 0 Å². The minimum atomic E-state index is 0.0904. The van der Waals surface area contributed by atoms with E-state index in [0.29, 0.717) is 0 Å². The summed E-state index contributed by atoms with van der Waals surface area (Å²) in [6.07, 6.45) is 0.802. The lowest BCUT2D eigenvalue weighted by atomic mass is 9.98. The number of ether oxygens (including phenoxy) is 2. The van der Waals surface area contributed by atoms with Crippen LogP contribution in [0.1, 0.15) is 23.6 Å². The van der Waals surface area contributed by atoms with Gasteiger partial charge in [-0.05, 0) is 47.5 Å². The molecule has 0 N–H and O–H groups in total. The molecule has 3 aromatic rings. The van der Waals surface area contributed by atoms with E-state index >= 15 is 0 Å². The zero-order chi connectivity index (χ0) is 18.2. The maximum absolute atomic E-state index is 6.05. The van der Waals surface area contributed by atoms with Crippen molar-refractivity contribution >= 4 is 23.0 Å². The Kier molecular flexibility index (Phi) is 3.98. The second-order valence-electron chi connectivity index (χ2n) is 6.57. The van der Waals surface area contributed by atoms with Crippen molar-refractivity contribution in [1.29, 1.82) is 0 Å². The van der Waals surface area contributed by atoms with Crippen LogP contribution in [0.3, 0.4) is 0 Å². The first-order chi connectivity index (χ1) is 13.3. The maximum atomic E-state index is 6.05. The van der Waals surface area contributed by atoms with Crippen molar-refractivity contribution in [3.63, 3.8) is 0 Å². The summed E-state index contributed by atoms with van der Waals surface area (Å²) in [5.41, 5.74) is 4.33.